The van der Waals surface area contributed by atoms with Gasteiger partial charge in [-0.05, 0) is 47.7 Å². The number of rotatable bonds is 1. The molecular weight excluding hydrogens is 372 g/mol. The molecule has 0 spiro atoms. The molecule has 3 nitrogen and oxygen atoms in total. The van der Waals surface area contributed by atoms with Gasteiger partial charge in [-0.15, -0.1) is 0 Å². The van der Waals surface area contributed by atoms with Crippen LogP contribution in [0.4, 0.5) is 5.82 Å². The van der Waals surface area contributed by atoms with Gasteiger partial charge >= 0.3 is 0 Å². The van der Waals surface area contributed by atoms with Crippen molar-refractivity contribution in [2.45, 2.75) is 6.92 Å². The molecular formula is C11H8Cl2IN3. The van der Waals surface area contributed by atoms with E-state index in [0.29, 0.717) is 21.7 Å². The summed E-state index contributed by atoms with van der Waals surface area (Å²) in [4.78, 5) is 8.61. The summed E-state index contributed by atoms with van der Waals surface area (Å²) < 4.78 is 0.867. The average molecular weight is 380 g/mol. The third-order valence-electron chi connectivity index (χ3n) is 2.22. The number of anilines is 1. The first-order chi connectivity index (χ1) is 7.99. The monoisotopic (exact) mass is 379 g/mol. The molecule has 2 aromatic rings. The van der Waals surface area contributed by atoms with E-state index < -0.39 is 0 Å². The third kappa shape index (κ3) is 2.64. The van der Waals surface area contributed by atoms with Crippen molar-refractivity contribution in [3.05, 3.63) is 37.5 Å². The highest BCUT2D eigenvalue weighted by Gasteiger charge is 2.09. The molecule has 1 heterocycles. The van der Waals surface area contributed by atoms with Crippen molar-refractivity contribution in [2.24, 2.45) is 0 Å². The summed E-state index contributed by atoms with van der Waals surface area (Å²) in [5.74, 6) is 1.03. The smallest absolute Gasteiger partial charge is 0.161 e. The van der Waals surface area contributed by atoms with Gasteiger partial charge in [0.05, 0.1) is 19.3 Å². The molecule has 0 aliphatic rings. The van der Waals surface area contributed by atoms with Crippen LogP contribution in [0, 0.1) is 10.5 Å². The van der Waals surface area contributed by atoms with Crippen LogP contribution in [0.25, 0.3) is 11.4 Å². The minimum Gasteiger partial charge on any atom is -0.383 e. The second-order valence-electron chi connectivity index (χ2n) is 3.46. The zero-order valence-electron chi connectivity index (χ0n) is 8.84. The second-order valence-corrected chi connectivity index (χ2v) is 5.35. The first-order valence-electron chi connectivity index (χ1n) is 4.74. The highest BCUT2D eigenvalue weighted by molar-refractivity contribution is 14.1. The Bertz CT molecular complexity index is 564. The SMILES string of the molecule is Cc1nc(-c2ccc(Cl)c(Cl)c2)nc(N)c1I. The first-order valence-corrected chi connectivity index (χ1v) is 6.57. The Hall–Kier alpha value is -0.590. The van der Waals surface area contributed by atoms with Crippen molar-refractivity contribution in [2.75, 3.05) is 5.73 Å². The highest BCUT2D eigenvalue weighted by atomic mass is 127. The Kier molecular flexibility index (Phi) is 3.75. The minimum absolute atomic E-state index is 0.471. The van der Waals surface area contributed by atoms with E-state index in [1.807, 2.05) is 13.0 Å². The van der Waals surface area contributed by atoms with Gasteiger partial charge in [-0.2, -0.15) is 0 Å². The fraction of sp³-hybridized carbons (Fsp3) is 0.0909. The minimum atomic E-state index is 0.471. The van der Waals surface area contributed by atoms with Gasteiger partial charge in [-0.3, -0.25) is 0 Å². The number of nitrogen functional groups attached to an aromatic ring is 1. The lowest BCUT2D eigenvalue weighted by atomic mass is 10.2. The predicted octanol–water partition coefficient (Wildman–Crippen LogP) is 3.95. The van der Waals surface area contributed by atoms with Gasteiger partial charge in [0, 0.05) is 5.56 Å². The Labute approximate surface area is 123 Å². The van der Waals surface area contributed by atoms with Gasteiger partial charge in [0.2, 0.25) is 0 Å². The van der Waals surface area contributed by atoms with E-state index in [9.17, 15) is 0 Å². The van der Waals surface area contributed by atoms with Gasteiger partial charge in [0.25, 0.3) is 0 Å². The van der Waals surface area contributed by atoms with Crippen molar-refractivity contribution < 1.29 is 0 Å². The molecule has 6 heteroatoms. The van der Waals surface area contributed by atoms with Gasteiger partial charge < -0.3 is 5.73 Å². The molecule has 0 atom stereocenters. The molecule has 17 heavy (non-hydrogen) atoms. The van der Waals surface area contributed by atoms with Gasteiger partial charge in [0.15, 0.2) is 5.82 Å². The largest absolute Gasteiger partial charge is 0.383 e. The quantitative estimate of drug-likeness (QED) is 0.763. The van der Waals surface area contributed by atoms with E-state index in [0.717, 1.165) is 14.8 Å². The van der Waals surface area contributed by atoms with Gasteiger partial charge in [-0.25, -0.2) is 9.97 Å². The van der Waals surface area contributed by atoms with Gasteiger partial charge in [0.1, 0.15) is 5.82 Å². The molecule has 0 bridgehead atoms. The normalized spacial score (nSPS) is 10.6. The summed E-state index contributed by atoms with van der Waals surface area (Å²) in [7, 11) is 0. The summed E-state index contributed by atoms with van der Waals surface area (Å²) >= 11 is 13.9. The Morgan fingerprint density at radius 1 is 1.18 bits per heavy atom. The molecule has 88 valence electrons. The average Bonchev–Trinajstić information content (AvgIpc) is 2.29. The summed E-state index contributed by atoms with van der Waals surface area (Å²) in [5, 5.41) is 0.980. The van der Waals surface area contributed by atoms with E-state index in [4.69, 9.17) is 28.9 Å². The Morgan fingerprint density at radius 2 is 1.88 bits per heavy atom. The number of hydrogen-bond donors (Lipinski definition) is 1. The van der Waals surface area contributed by atoms with Crippen LogP contribution in [0.1, 0.15) is 5.69 Å². The number of nitrogens with two attached hydrogens (primary N) is 1. The third-order valence-corrected chi connectivity index (χ3v) is 4.29. The summed E-state index contributed by atoms with van der Waals surface area (Å²) in [5.41, 5.74) is 7.45. The predicted molar refractivity (Wildman–Crippen MR) is 79.4 cm³/mol. The van der Waals surface area contributed by atoms with Crippen molar-refractivity contribution in [1.82, 2.24) is 9.97 Å². The fourth-order valence-corrected chi connectivity index (χ4v) is 1.89. The zero-order valence-corrected chi connectivity index (χ0v) is 12.5. The van der Waals surface area contributed by atoms with Crippen LogP contribution < -0.4 is 5.73 Å². The molecule has 1 aromatic heterocycles. The van der Waals surface area contributed by atoms with E-state index in [1.165, 1.54) is 0 Å². The summed E-state index contributed by atoms with van der Waals surface area (Å²) in [6, 6.07) is 5.26. The van der Waals surface area contributed by atoms with E-state index in [2.05, 4.69) is 32.6 Å². The molecule has 2 rings (SSSR count). The molecule has 0 saturated carbocycles. The van der Waals surface area contributed by atoms with Gasteiger partial charge in [-0.1, -0.05) is 23.2 Å². The molecule has 0 unspecified atom stereocenters. The second kappa shape index (κ2) is 4.96. The Morgan fingerprint density at radius 3 is 2.47 bits per heavy atom. The van der Waals surface area contributed by atoms with Crippen LogP contribution in [0.2, 0.25) is 10.0 Å². The molecule has 0 fully saturated rings. The van der Waals surface area contributed by atoms with Crippen LogP contribution in [0.15, 0.2) is 18.2 Å². The molecule has 0 aliphatic carbocycles. The van der Waals surface area contributed by atoms with Crippen LogP contribution in [-0.2, 0) is 0 Å². The lowest BCUT2D eigenvalue weighted by Gasteiger charge is -2.06. The number of benzene rings is 1. The molecule has 0 amide bonds. The zero-order chi connectivity index (χ0) is 12.6. The number of aryl methyl sites for hydroxylation is 1. The van der Waals surface area contributed by atoms with Crippen molar-refractivity contribution >= 4 is 51.6 Å². The number of halogens is 3. The maximum atomic E-state index is 5.95. The maximum absolute atomic E-state index is 5.95. The van der Waals surface area contributed by atoms with Crippen LogP contribution >= 0.6 is 45.8 Å². The topological polar surface area (TPSA) is 51.8 Å². The lowest BCUT2D eigenvalue weighted by Crippen LogP contribution is -2.02. The number of nitrogens with zero attached hydrogens (tertiary/aromatic N) is 2. The molecule has 0 saturated heterocycles. The first kappa shape index (κ1) is 12.9. The molecule has 2 N–H and O–H groups in total. The number of aromatic nitrogens is 2. The van der Waals surface area contributed by atoms with Crippen molar-refractivity contribution in [3.63, 3.8) is 0 Å². The molecule has 0 radical (unpaired) electrons. The molecule has 1 aromatic carbocycles. The fourth-order valence-electron chi connectivity index (χ4n) is 1.35. The number of hydrogen-bond acceptors (Lipinski definition) is 3. The Balaban J connectivity index is 2.57. The van der Waals surface area contributed by atoms with Crippen molar-refractivity contribution in [3.8, 4) is 11.4 Å². The summed E-state index contributed by atoms with van der Waals surface area (Å²) in [6.07, 6.45) is 0. The lowest BCUT2D eigenvalue weighted by molar-refractivity contribution is 1.10. The maximum Gasteiger partial charge on any atom is 0.161 e. The van der Waals surface area contributed by atoms with E-state index in [1.54, 1.807) is 12.1 Å². The van der Waals surface area contributed by atoms with Crippen LogP contribution in [-0.4, -0.2) is 9.97 Å². The highest BCUT2D eigenvalue weighted by Crippen LogP contribution is 2.28. The van der Waals surface area contributed by atoms with Crippen LogP contribution in [0.5, 0.6) is 0 Å². The standard InChI is InChI=1S/C11H8Cl2IN3/c1-5-9(14)10(15)17-11(16-5)6-2-3-7(12)8(13)4-6/h2-4H,1H3,(H2,15,16,17). The summed E-state index contributed by atoms with van der Waals surface area (Å²) in [6.45, 7) is 1.89. The van der Waals surface area contributed by atoms with E-state index in [-0.39, 0.29) is 0 Å². The van der Waals surface area contributed by atoms with E-state index >= 15 is 0 Å². The molecule has 0 aliphatic heterocycles. The van der Waals surface area contributed by atoms with Crippen LogP contribution in [0.3, 0.4) is 0 Å². The van der Waals surface area contributed by atoms with Crippen molar-refractivity contribution in [1.29, 1.82) is 0 Å².